The first-order chi connectivity index (χ1) is 15.2. The molecule has 1 saturated heterocycles. The normalized spacial score (nSPS) is 13.7. The van der Waals surface area contributed by atoms with Gasteiger partial charge >= 0.3 is 0 Å². The molecule has 0 saturated carbocycles. The highest BCUT2D eigenvalue weighted by Gasteiger charge is 2.20. The smallest absolute Gasteiger partial charge is 0.257 e. The summed E-state index contributed by atoms with van der Waals surface area (Å²) in [5, 5.41) is 6.41. The van der Waals surface area contributed by atoms with Crippen molar-refractivity contribution < 1.29 is 14.3 Å². The first-order valence-corrected chi connectivity index (χ1v) is 11.2. The van der Waals surface area contributed by atoms with Crippen molar-refractivity contribution in [3.63, 3.8) is 0 Å². The molecule has 1 heterocycles. The van der Waals surface area contributed by atoms with Crippen molar-refractivity contribution in [1.29, 1.82) is 0 Å². The zero-order chi connectivity index (χ0) is 23.3. The Morgan fingerprint density at radius 2 is 1.81 bits per heavy atom. The Labute approximate surface area is 198 Å². The Morgan fingerprint density at radius 3 is 2.44 bits per heavy atom. The number of carbonyl (C=O) groups excluding carboxylic acids is 2. The van der Waals surface area contributed by atoms with Gasteiger partial charge in [0, 0.05) is 44.4 Å². The van der Waals surface area contributed by atoms with Gasteiger partial charge in [0.15, 0.2) is 5.11 Å². The summed E-state index contributed by atoms with van der Waals surface area (Å²) in [6.45, 7) is 8.22. The highest BCUT2D eigenvalue weighted by atomic mass is 35.5. The minimum absolute atomic E-state index is 0.0155. The van der Waals surface area contributed by atoms with E-state index >= 15 is 0 Å². The summed E-state index contributed by atoms with van der Waals surface area (Å²) in [5.74, 6) is 0.380. The Kier molecular flexibility index (Phi) is 7.93. The molecular weight excluding hydrogens is 448 g/mol. The SMILES string of the molecule is CC(=O)N1CCN(c2ccc(NC(=S)NC(=O)c3cccc(OC(C)C)c3)cc2Cl)CC1. The van der Waals surface area contributed by atoms with E-state index in [0.717, 1.165) is 18.8 Å². The second kappa shape index (κ2) is 10.7. The third-order valence-electron chi connectivity index (χ3n) is 4.97. The van der Waals surface area contributed by atoms with Gasteiger partial charge in [-0.3, -0.25) is 14.9 Å². The molecule has 0 unspecified atom stereocenters. The number of ether oxygens (including phenoxy) is 1. The number of anilines is 2. The molecule has 0 aromatic heterocycles. The lowest BCUT2D eigenvalue weighted by Gasteiger charge is -2.36. The van der Waals surface area contributed by atoms with E-state index in [4.69, 9.17) is 28.6 Å². The molecule has 3 rings (SSSR count). The molecule has 1 aliphatic rings. The van der Waals surface area contributed by atoms with Crippen LogP contribution in [0, 0.1) is 0 Å². The third-order valence-corrected chi connectivity index (χ3v) is 5.47. The average molecular weight is 475 g/mol. The van der Waals surface area contributed by atoms with E-state index in [1.807, 2.05) is 30.9 Å². The fraction of sp³-hybridized carbons (Fsp3) is 0.348. The zero-order valence-electron chi connectivity index (χ0n) is 18.4. The second-order valence-corrected chi connectivity index (χ2v) is 8.58. The molecular formula is C23H27ClN4O3S. The molecule has 1 fully saturated rings. The Bertz CT molecular complexity index is 1010. The summed E-state index contributed by atoms with van der Waals surface area (Å²) in [4.78, 5) is 28.0. The van der Waals surface area contributed by atoms with Crippen molar-refractivity contribution in [2.45, 2.75) is 26.9 Å². The first-order valence-electron chi connectivity index (χ1n) is 10.4. The Hall–Kier alpha value is -2.84. The standard InChI is InChI=1S/C23H27ClN4O3S/c1-15(2)31-19-6-4-5-17(13-19)22(30)26-23(32)25-18-7-8-21(20(24)14-18)28-11-9-27(10-12-28)16(3)29/h4-8,13-15H,9-12H2,1-3H3,(H2,25,26,30,32). The molecule has 7 nitrogen and oxygen atoms in total. The van der Waals surface area contributed by atoms with Crippen LogP contribution in [0.4, 0.5) is 11.4 Å². The van der Waals surface area contributed by atoms with Crippen molar-refractivity contribution >= 4 is 52.1 Å². The summed E-state index contributed by atoms with van der Waals surface area (Å²) in [5.41, 5.74) is 2.02. The van der Waals surface area contributed by atoms with Crippen molar-refractivity contribution in [2.24, 2.45) is 0 Å². The molecule has 9 heteroatoms. The lowest BCUT2D eigenvalue weighted by atomic mass is 10.2. The molecule has 32 heavy (non-hydrogen) atoms. The van der Waals surface area contributed by atoms with Gasteiger partial charge in [-0.05, 0) is 62.5 Å². The number of piperazine rings is 1. The summed E-state index contributed by atoms with van der Waals surface area (Å²) in [6.07, 6.45) is 0.0155. The van der Waals surface area contributed by atoms with Gasteiger partial charge in [0.2, 0.25) is 5.91 Å². The van der Waals surface area contributed by atoms with Crippen LogP contribution >= 0.6 is 23.8 Å². The van der Waals surface area contributed by atoms with Gasteiger partial charge in [-0.25, -0.2) is 0 Å². The molecule has 0 spiro atoms. The van der Waals surface area contributed by atoms with Crippen LogP contribution in [0.15, 0.2) is 42.5 Å². The minimum Gasteiger partial charge on any atom is -0.491 e. The van der Waals surface area contributed by atoms with E-state index in [-0.39, 0.29) is 23.0 Å². The molecule has 2 N–H and O–H groups in total. The van der Waals surface area contributed by atoms with E-state index in [2.05, 4.69) is 15.5 Å². The van der Waals surface area contributed by atoms with Crippen molar-refractivity contribution in [3.8, 4) is 5.75 Å². The van der Waals surface area contributed by atoms with Gasteiger partial charge in [0.1, 0.15) is 5.75 Å². The zero-order valence-corrected chi connectivity index (χ0v) is 19.9. The van der Waals surface area contributed by atoms with E-state index in [0.29, 0.717) is 35.1 Å². The van der Waals surface area contributed by atoms with Crippen LogP contribution in [0.5, 0.6) is 5.75 Å². The predicted octanol–water partition coefficient (Wildman–Crippen LogP) is 3.92. The van der Waals surface area contributed by atoms with Crippen molar-refractivity contribution in [3.05, 3.63) is 53.1 Å². The summed E-state index contributed by atoms with van der Waals surface area (Å²) < 4.78 is 5.63. The van der Waals surface area contributed by atoms with E-state index in [9.17, 15) is 9.59 Å². The van der Waals surface area contributed by atoms with E-state index < -0.39 is 0 Å². The number of hydrogen-bond donors (Lipinski definition) is 2. The number of halogens is 1. The molecule has 1 aliphatic heterocycles. The molecule has 2 aromatic rings. The second-order valence-electron chi connectivity index (χ2n) is 7.76. The summed E-state index contributed by atoms with van der Waals surface area (Å²) >= 11 is 11.8. The van der Waals surface area contributed by atoms with Crippen LogP contribution in [0.2, 0.25) is 5.02 Å². The van der Waals surface area contributed by atoms with E-state index in [1.54, 1.807) is 37.3 Å². The van der Waals surface area contributed by atoms with Crippen molar-refractivity contribution in [1.82, 2.24) is 10.2 Å². The van der Waals surface area contributed by atoms with Crippen LogP contribution in [-0.4, -0.2) is 54.1 Å². The van der Waals surface area contributed by atoms with Crippen LogP contribution in [-0.2, 0) is 4.79 Å². The highest BCUT2D eigenvalue weighted by Crippen LogP contribution is 2.29. The maximum Gasteiger partial charge on any atom is 0.257 e. The number of thiocarbonyl (C=S) groups is 1. The quantitative estimate of drug-likeness (QED) is 0.640. The molecule has 0 aliphatic carbocycles. The Morgan fingerprint density at radius 1 is 1.09 bits per heavy atom. The number of nitrogens with one attached hydrogen (secondary N) is 2. The number of hydrogen-bond acceptors (Lipinski definition) is 5. The molecule has 0 atom stereocenters. The van der Waals surface area contributed by atoms with Gasteiger partial charge in [0.05, 0.1) is 16.8 Å². The number of carbonyl (C=O) groups is 2. The predicted molar refractivity (Wildman–Crippen MR) is 132 cm³/mol. The van der Waals surface area contributed by atoms with Gasteiger partial charge in [0.25, 0.3) is 5.91 Å². The van der Waals surface area contributed by atoms with Crippen LogP contribution in [0.1, 0.15) is 31.1 Å². The number of benzene rings is 2. The lowest BCUT2D eigenvalue weighted by Crippen LogP contribution is -2.48. The largest absolute Gasteiger partial charge is 0.491 e. The van der Waals surface area contributed by atoms with E-state index in [1.165, 1.54) is 0 Å². The molecule has 0 radical (unpaired) electrons. The fourth-order valence-corrected chi connectivity index (χ4v) is 3.93. The van der Waals surface area contributed by atoms with Gasteiger partial charge < -0.3 is 19.9 Å². The number of amides is 2. The van der Waals surface area contributed by atoms with Crippen LogP contribution in [0.3, 0.4) is 0 Å². The molecule has 2 amide bonds. The van der Waals surface area contributed by atoms with Gasteiger partial charge in [-0.1, -0.05) is 17.7 Å². The Balaban J connectivity index is 1.58. The highest BCUT2D eigenvalue weighted by molar-refractivity contribution is 7.80. The topological polar surface area (TPSA) is 73.9 Å². The minimum atomic E-state index is -0.331. The molecule has 2 aromatic carbocycles. The third kappa shape index (κ3) is 6.34. The average Bonchev–Trinajstić information content (AvgIpc) is 2.73. The van der Waals surface area contributed by atoms with Gasteiger partial charge in [-0.2, -0.15) is 0 Å². The number of nitrogens with zero attached hydrogens (tertiary/aromatic N) is 2. The summed E-state index contributed by atoms with van der Waals surface area (Å²) in [7, 11) is 0. The van der Waals surface area contributed by atoms with Crippen LogP contribution < -0.4 is 20.3 Å². The van der Waals surface area contributed by atoms with Gasteiger partial charge in [-0.15, -0.1) is 0 Å². The number of rotatable bonds is 5. The molecule has 0 bridgehead atoms. The summed E-state index contributed by atoms with van der Waals surface area (Å²) in [6, 6.07) is 12.5. The molecule has 170 valence electrons. The van der Waals surface area contributed by atoms with Crippen LogP contribution in [0.25, 0.3) is 0 Å². The van der Waals surface area contributed by atoms with Crippen molar-refractivity contribution in [2.75, 3.05) is 36.4 Å². The fourth-order valence-electron chi connectivity index (χ4n) is 3.42. The maximum atomic E-state index is 12.5. The lowest BCUT2D eigenvalue weighted by molar-refractivity contribution is -0.129. The first kappa shape index (κ1) is 23.8. The monoisotopic (exact) mass is 474 g/mol. The maximum absolute atomic E-state index is 12.5.